The van der Waals surface area contributed by atoms with E-state index in [2.05, 4.69) is 19.2 Å². The Labute approximate surface area is 128 Å². The largest absolute Gasteiger partial charge is 0.309 e. The minimum Gasteiger partial charge on any atom is -0.309 e. The maximum atomic E-state index is 13.5. The molecule has 0 bridgehead atoms. The van der Waals surface area contributed by atoms with Crippen molar-refractivity contribution in [3.63, 3.8) is 0 Å². The Balaban J connectivity index is 2.19. The van der Waals surface area contributed by atoms with Gasteiger partial charge in [0.2, 0.25) is 0 Å². The molecule has 0 saturated carbocycles. The molecule has 4 unspecified atom stereocenters. The van der Waals surface area contributed by atoms with Crippen LogP contribution in [-0.4, -0.2) is 28.0 Å². The average Bonchev–Trinajstić information content (AvgIpc) is 2.43. The predicted octanol–water partition coefficient (Wildman–Crippen LogP) is 4.24. The molecule has 112 valence electrons. The summed E-state index contributed by atoms with van der Waals surface area (Å²) in [5.74, 6) is -0.510. The van der Waals surface area contributed by atoms with Gasteiger partial charge in [-0.1, -0.05) is 26.8 Å². The molecule has 1 heterocycles. The Hall–Kier alpha value is -0.260. The van der Waals surface area contributed by atoms with Gasteiger partial charge in [-0.05, 0) is 24.2 Å². The van der Waals surface area contributed by atoms with E-state index >= 15 is 0 Å². The zero-order valence-corrected chi connectivity index (χ0v) is 13.7. The highest BCUT2D eigenvalue weighted by Gasteiger charge is 2.32. The van der Waals surface area contributed by atoms with Gasteiger partial charge in [-0.2, -0.15) is 23.5 Å². The highest BCUT2D eigenvalue weighted by Crippen LogP contribution is 2.41. The molecule has 1 aliphatic rings. The van der Waals surface area contributed by atoms with Crippen molar-refractivity contribution in [3.8, 4) is 0 Å². The molecular formula is C15H21F2NS2. The summed E-state index contributed by atoms with van der Waals surface area (Å²) in [6, 6.07) is 4.32. The molecule has 1 aliphatic heterocycles. The number of thioether (sulfide) groups is 2. The molecular weight excluding hydrogens is 296 g/mol. The van der Waals surface area contributed by atoms with Crippen LogP contribution >= 0.6 is 23.5 Å². The fourth-order valence-electron chi connectivity index (χ4n) is 2.37. The standard InChI is InChI=1S/C15H21F2NS2/c1-4-18-15(11-5-6-12(16)13(17)7-11)14-8-19-9(2)10(3)20-14/h5-7,9-10,14-15,18H,4,8H2,1-3H3. The zero-order valence-electron chi connectivity index (χ0n) is 12.0. The first-order valence-corrected chi connectivity index (χ1v) is 8.97. The summed E-state index contributed by atoms with van der Waals surface area (Å²) in [5, 5.41) is 5.03. The van der Waals surface area contributed by atoms with E-state index in [0.717, 1.165) is 17.9 Å². The van der Waals surface area contributed by atoms with Crippen LogP contribution in [0.1, 0.15) is 32.4 Å². The Morgan fingerprint density at radius 2 is 2.00 bits per heavy atom. The monoisotopic (exact) mass is 317 g/mol. The van der Waals surface area contributed by atoms with Crippen molar-refractivity contribution < 1.29 is 8.78 Å². The van der Waals surface area contributed by atoms with Gasteiger partial charge in [-0.15, -0.1) is 0 Å². The Bertz CT molecular complexity index is 455. The third kappa shape index (κ3) is 3.68. The molecule has 0 aliphatic carbocycles. The van der Waals surface area contributed by atoms with Gasteiger partial charge in [0.05, 0.1) is 0 Å². The van der Waals surface area contributed by atoms with Crippen LogP contribution in [-0.2, 0) is 0 Å². The van der Waals surface area contributed by atoms with E-state index in [1.165, 1.54) is 12.1 Å². The molecule has 0 spiro atoms. The van der Waals surface area contributed by atoms with Crippen molar-refractivity contribution in [1.29, 1.82) is 0 Å². The van der Waals surface area contributed by atoms with Crippen molar-refractivity contribution in [2.45, 2.75) is 42.6 Å². The van der Waals surface area contributed by atoms with Crippen LogP contribution in [0.25, 0.3) is 0 Å². The van der Waals surface area contributed by atoms with Crippen molar-refractivity contribution in [3.05, 3.63) is 35.4 Å². The summed E-state index contributed by atoms with van der Waals surface area (Å²) in [5.41, 5.74) is 0.839. The van der Waals surface area contributed by atoms with Gasteiger partial charge in [-0.3, -0.25) is 0 Å². The molecule has 0 aromatic heterocycles. The number of rotatable bonds is 4. The van der Waals surface area contributed by atoms with Crippen LogP contribution in [0.15, 0.2) is 18.2 Å². The average molecular weight is 317 g/mol. The van der Waals surface area contributed by atoms with E-state index in [1.54, 1.807) is 6.07 Å². The van der Waals surface area contributed by atoms with Crippen LogP contribution < -0.4 is 5.32 Å². The van der Waals surface area contributed by atoms with Crippen LogP contribution in [0.5, 0.6) is 0 Å². The molecule has 20 heavy (non-hydrogen) atoms. The first-order chi connectivity index (χ1) is 9.52. The molecule has 2 rings (SSSR count). The van der Waals surface area contributed by atoms with Crippen LogP contribution in [0.3, 0.4) is 0 Å². The highest BCUT2D eigenvalue weighted by atomic mass is 32.2. The number of benzene rings is 1. The molecule has 1 fully saturated rings. The third-order valence-corrected chi connectivity index (χ3v) is 7.17. The van der Waals surface area contributed by atoms with E-state index in [4.69, 9.17) is 0 Å². The molecule has 1 nitrogen and oxygen atoms in total. The Morgan fingerprint density at radius 1 is 1.25 bits per heavy atom. The van der Waals surface area contributed by atoms with E-state index in [-0.39, 0.29) is 6.04 Å². The third-order valence-electron chi connectivity index (χ3n) is 3.67. The van der Waals surface area contributed by atoms with Crippen molar-refractivity contribution in [1.82, 2.24) is 5.32 Å². The fourth-order valence-corrected chi connectivity index (χ4v) is 5.49. The van der Waals surface area contributed by atoms with Gasteiger partial charge in [0.15, 0.2) is 11.6 Å². The smallest absolute Gasteiger partial charge is 0.159 e. The van der Waals surface area contributed by atoms with Gasteiger partial charge in [-0.25, -0.2) is 8.78 Å². The van der Waals surface area contributed by atoms with E-state index in [9.17, 15) is 8.78 Å². The first kappa shape index (κ1) is 16.1. The second-order valence-electron chi connectivity index (χ2n) is 5.13. The predicted molar refractivity (Wildman–Crippen MR) is 85.5 cm³/mol. The number of halogens is 2. The maximum absolute atomic E-state index is 13.5. The van der Waals surface area contributed by atoms with Crippen molar-refractivity contribution >= 4 is 23.5 Å². The fraction of sp³-hybridized carbons (Fsp3) is 0.600. The molecule has 4 atom stereocenters. The summed E-state index contributed by atoms with van der Waals surface area (Å²) in [4.78, 5) is 0. The van der Waals surface area contributed by atoms with Crippen LogP contribution in [0.2, 0.25) is 0 Å². The van der Waals surface area contributed by atoms with Crippen LogP contribution in [0, 0.1) is 11.6 Å². The van der Waals surface area contributed by atoms with E-state index < -0.39 is 11.6 Å². The van der Waals surface area contributed by atoms with Gasteiger partial charge >= 0.3 is 0 Å². The van der Waals surface area contributed by atoms with Gasteiger partial charge in [0.25, 0.3) is 0 Å². The highest BCUT2D eigenvalue weighted by molar-refractivity contribution is 8.07. The Kier molecular flexibility index (Phi) is 5.75. The lowest BCUT2D eigenvalue weighted by molar-refractivity contribution is 0.497. The molecule has 1 aromatic rings. The summed E-state index contributed by atoms with van der Waals surface area (Å²) in [6.45, 7) is 7.34. The molecule has 0 amide bonds. The normalized spacial score (nSPS) is 28.4. The summed E-state index contributed by atoms with van der Waals surface area (Å²) in [6.07, 6.45) is 0. The summed E-state index contributed by atoms with van der Waals surface area (Å²) in [7, 11) is 0. The second kappa shape index (κ2) is 7.14. The molecule has 1 aromatic carbocycles. The number of hydrogen-bond donors (Lipinski definition) is 1. The van der Waals surface area contributed by atoms with Gasteiger partial charge < -0.3 is 5.32 Å². The zero-order chi connectivity index (χ0) is 14.7. The van der Waals surface area contributed by atoms with E-state index in [0.29, 0.717) is 15.7 Å². The maximum Gasteiger partial charge on any atom is 0.159 e. The lowest BCUT2D eigenvalue weighted by Gasteiger charge is -2.36. The van der Waals surface area contributed by atoms with E-state index in [1.807, 2.05) is 30.4 Å². The molecule has 1 saturated heterocycles. The first-order valence-electron chi connectivity index (χ1n) is 6.98. The Morgan fingerprint density at radius 3 is 2.60 bits per heavy atom. The van der Waals surface area contributed by atoms with Crippen molar-refractivity contribution in [2.24, 2.45) is 0 Å². The summed E-state index contributed by atoms with van der Waals surface area (Å²) >= 11 is 3.91. The SMILES string of the molecule is CCNC(c1ccc(F)c(F)c1)C1CSC(C)C(C)S1. The molecule has 5 heteroatoms. The quantitative estimate of drug-likeness (QED) is 0.892. The number of hydrogen-bond acceptors (Lipinski definition) is 3. The lowest BCUT2D eigenvalue weighted by atomic mass is 10.0. The van der Waals surface area contributed by atoms with Gasteiger partial charge in [0.1, 0.15) is 0 Å². The van der Waals surface area contributed by atoms with Crippen LogP contribution in [0.4, 0.5) is 8.78 Å². The van der Waals surface area contributed by atoms with Gasteiger partial charge in [0, 0.05) is 27.5 Å². The van der Waals surface area contributed by atoms with Crippen molar-refractivity contribution in [2.75, 3.05) is 12.3 Å². The number of nitrogens with one attached hydrogen (secondary N) is 1. The molecule has 0 radical (unpaired) electrons. The topological polar surface area (TPSA) is 12.0 Å². The molecule has 1 N–H and O–H groups in total. The minimum absolute atomic E-state index is 0.0718. The minimum atomic E-state index is -0.781. The summed E-state index contributed by atoms with van der Waals surface area (Å²) < 4.78 is 26.6. The second-order valence-corrected chi connectivity index (χ2v) is 8.16. The lowest BCUT2D eigenvalue weighted by Crippen LogP contribution is -2.37.